The lowest BCUT2D eigenvalue weighted by Crippen LogP contribution is -2.41. The van der Waals surface area contributed by atoms with Crippen molar-refractivity contribution in [1.29, 1.82) is 0 Å². The maximum Gasteiger partial charge on any atom is 0.259 e. The van der Waals surface area contributed by atoms with Crippen LogP contribution in [0.3, 0.4) is 0 Å². The van der Waals surface area contributed by atoms with Gasteiger partial charge in [-0.25, -0.2) is 8.42 Å². The summed E-state index contributed by atoms with van der Waals surface area (Å²) in [4.78, 5) is 15.2. The Hall–Kier alpha value is -2.71. The SMILES string of the molecule is CCOc1cc(C(=O)N(c2cccc(Cl)c2)[C@H]2C=CS(=O)(=O)C2)cc(OCC)c1OCC. The summed E-state index contributed by atoms with van der Waals surface area (Å²) in [5, 5.41) is 1.57. The summed E-state index contributed by atoms with van der Waals surface area (Å²) in [5.41, 5.74) is 0.761. The quantitative estimate of drug-likeness (QED) is 0.527. The van der Waals surface area contributed by atoms with E-state index in [0.717, 1.165) is 5.41 Å². The molecule has 0 bridgehead atoms. The molecule has 1 aliphatic rings. The number of benzene rings is 2. The highest BCUT2D eigenvalue weighted by Crippen LogP contribution is 2.40. The highest BCUT2D eigenvalue weighted by molar-refractivity contribution is 7.94. The van der Waals surface area contributed by atoms with Crippen LogP contribution >= 0.6 is 11.6 Å². The van der Waals surface area contributed by atoms with Gasteiger partial charge in [-0.3, -0.25) is 4.79 Å². The predicted molar refractivity (Wildman–Crippen MR) is 125 cm³/mol. The Morgan fingerprint density at radius 3 is 2.16 bits per heavy atom. The zero-order valence-electron chi connectivity index (χ0n) is 18.2. The standard InChI is InChI=1S/C23H26ClNO6S/c1-4-29-20-12-16(13-21(30-5-2)22(20)31-6-3)23(26)25(18-9-7-8-17(24)14-18)19-10-11-32(27,28)15-19/h7-14,19H,4-6,15H2,1-3H3/t19-/m0/s1. The Labute approximate surface area is 193 Å². The topological polar surface area (TPSA) is 82.1 Å². The summed E-state index contributed by atoms with van der Waals surface area (Å²) in [6, 6.07) is 9.23. The molecule has 172 valence electrons. The van der Waals surface area contributed by atoms with Gasteiger partial charge in [0.15, 0.2) is 21.3 Å². The fourth-order valence-electron chi connectivity index (χ4n) is 3.46. The van der Waals surface area contributed by atoms with E-state index >= 15 is 0 Å². The van der Waals surface area contributed by atoms with Gasteiger partial charge in [-0.05, 0) is 57.2 Å². The van der Waals surface area contributed by atoms with E-state index in [0.29, 0.717) is 47.8 Å². The van der Waals surface area contributed by atoms with Gasteiger partial charge in [-0.2, -0.15) is 0 Å². The minimum absolute atomic E-state index is 0.209. The molecular formula is C23H26ClNO6S. The Morgan fingerprint density at radius 2 is 1.66 bits per heavy atom. The van der Waals surface area contributed by atoms with Gasteiger partial charge in [0, 0.05) is 21.7 Å². The molecule has 2 aromatic rings. The van der Waals surface area contributed by atoms with Gasteiger partial charge < -0.3 is 19.1 Å². The summed E-state index contributed by atoms with van der Waals surface area (Å²) in [6.07, 6.45) is 1.51. The van der Waals surface area contributed by atoms with E-state index in [1.54, 1.807) is 36.4 Å². The number of carbonyl (C=O) groups excluding carboxylic acids is 1. The first-order chi connectivity index (χ1) is 15.3. The van der Waals surface area contributed by atoms with Gasteiger partial charge in [-0.15, -0.1) is 0 Å². The zero-order valence-corrected chi connectivity index (χ0v) is 19.8. The minimum Gasteiger partial charge on any atom is -0.490 e. The number of rotatable bonds is 9. The van der Waals surface area contributed by atoms with E-state index in [1.165, 1.54) is 11.0 Å². The molecule has 7 nitrogen and oxygen atoms in total. The Morgan fingerprint density at radius 1 is 1.03 bits per heavy atom. The van der Waals surface area contributed by atoms with Crippen molar-refractivity contribution in [2.24, 2.45) is 0 Å². The largest absolute Gasteiger partial charge is 0.490 e. The van der Waals surface area contributed by atoms with E-state index in [-0.39, 0.29) is 11.3 Å². The molecule has 32 heavy (non-hydrogen) atoms. The van der Waals surface area contributed by atoms with Gasteiger partial charge in [-0.1, -0.05) is 17.7 Å². The van der Waals surface area contributed by atoms with E-state index in [4.69, 9.17) is 25.8 Å². The highest BCUT2D eigenvalue weighted by atomic mass is 35.5. The molecule has 0 saturated heterocycles. The second kappa shape index (κ2) is 10.3. The molecule has 1 amide bonds. The molecule has 2 aromatic carbocycles. The summed E-state index contributed by atoms with van der Waals surface area (Å²) < 4.78 is 41.3. The summed E-state index contributed by atoms with van der Waals surface area (Å²) in [7, 11) is -3.40. The van der Waals surface area contributed by atoms with Crippen LogP contribution in [0.15, 0.2) is 47.9 Å². The number of carbonyl (C=O) groups is 1. The number of hydrogen-bond donors (Lipinski definition) is 0. The number of nitrogens with zero attached hydrogens (tertiary/aromatic N) is 1. The Bertz CT molecular complexity index is 1090. The average molecular weight is 480 g/mol. The lowest BCUT2D eigenvalue weighted by Gasteiger charge is -2.28. The molecular weight excluding hydrogens is 454 g/mol. The monoisotopic (exact) mass is 479 g/mol. The third-order valence-electron chi connectivity index (χ3n) is 4.70. The second-order valence-corrected chi connectivity index (χ2v) is 9.35. The number of ether oxygens (including phenoxy) is 3. The highest BCUT2D eigenvalue weighted by Gasteiger charge is 2.33. The maximum absolute atomic E-state index is 13.7. The molecule has 3 rings (SSSR count). The lowest BCUT2D eigenvalue weighted by atomic mass is 10.1. The van der Waals surface area contributed by atoms with Crippen LogP contribution in [0, 0.1) is 0 Å². The van der Waals surface area contributed by atoms with E-state index < -0.39 is 21.8 Å². The number of hydrogen-bond acceptors (Lipinski definition) is 6. The molecule has 0 saturated carbocycles. The fraction of sp³-hybridized carbons (Fsp3) is 0.348. The first kappa shape index (κ1) is 23.9. The van der Waals surface area contributed by atoms with Gasteiger partial charge in [0.2, 0.25) is 5.75 Å². The van der Waals surface area contributed by atoms with E-state index in [1.807, 2.05) is 20.8 Å². The number of anilines is 1. The van der Waals surface area contributed by atoms with Crippen molar-refractivity contribution in [2.75, 3.05) is 30.5 Å². The average Bonchev–Trinajstić information content (AvgIpc) is 3.10. The maximum atomic E-state index is 13.7. The molecule has 0 N–H and O–H groups in total. The van der Waals surface area contributed by atoms with Crippen LogP contribution in [0.5, 0.6) is 17.2 Å². The lowest BCUT2D eigenvalue weighted by molar-refractivity contribution is 0.0982. The summed E-state index contributed by atoms with van der Waals surface area (Å²) >= 11 is 6.16. The van der Waals surface area contributed by atoms with Crippen LogP contribution in [-0.2, 0) is 9.84 Å². The molecule has 0 fully saturated rings. The molecule has 0 radical (unpaired) electrons. The van der Waals surface area contributed by atoms with Gasteiger partial charge in [0.05, 0.1) is 31.6 Å². The normalized spacial score (nSPS) is 16.6. The van der Waals surface area contributed by atoms with Crippen molar-refractivity contribution >= 4 is 33.0 Å². The van der Waals surface area contributed by atoms with E-state index in [2.05, 4.69) is 0 Å². The smallest absolute Gasteiger partial charge is 0.259 e. The van der Waals surface area contributed by atoms with Crippen molar-refractivity contribution < 1.29 is 27.4 Å². The van der Waals surface area contributed by atoms with Crippen molar-refractivity contribution in [1.82, 2.24) is 0 Å². The van der Waals surface area contributed by atoms with Crippen LogP contribution < -0.4 is 19.1 Å². The zero-order chi connectivity index (χ0) is 23.3. The molecule has 1 aliphatic heterocycles. The molecule has 0 unspecified atom stereocenters. The van der Waals surface area contributed by atoms with Gasteiger partial charge in [0.25, 0.3) is 5.91 Å². The molecule has 0 aliphatic carbocycles. The molecule has 1 atom stereocenters. The molecule has 9 heteroatoms. The Balaban J connectivity index is 2.12. The molecule has 0 spiro atoms. The van der Waals surface area contributed by atoms with Crippen LogP contribution in [0.2, 0.25) is 5.02 Å². The third kappa shape index (κ3) is 5.37. The van der Waals surface area contributed by atoms with E-state index in [9.17, 15) is 13.2 Å². The molecule has 1 heterocycles. The van der Waals surface area contributed by atoms with Crippen LogP contribution in [0.25, 0.3) is 0 Å². The third-order valence-corrected chi connectivity index (χ3v) is 6.32. The first-order valence-electron chi connectivity index (χ1n) is 10.4. The van der Waals surface area contributed by atoms with Crippen molar-refractivity contribution in [2.45, 2.75) is 26.8 Å². The van der Waals surface area contributed by atoms with Gasteiger partial charge >= 0.3 is 0 Å². The van der Waals surface area contributed by atoms with Crippen molar-refractivity contribution in [3.63, 3.8) is 0 Å². The number of sulfone groups is 1. The number of amides is 1. The summed E-state index contributed by atoms with van der Waals surface area (Å²) in [6.45, 7) is 6.63. The number of halogens is 1. The summed E-state index contributed by atoms with van der Waals surface area (Å²) in [5.74, 6) is 0.557. The van der Waals surface area contributed by atoms with Crippen molar-refractivity contribution in [3.8, 4) is 17.2 Å². The van der Waals surface area contributed by atoms with Crippen molar-refractivity contribution in [3.05, 3.63) is 58.5 Å². The fourth-order valence-corrected chi connectivity index (χ4v) is 4.91. The van der Waals surface area contributed by atoms with Crippen LogP contribution in [0.4, 0.5) is 5.69 Å². The van der Waals surface area contributed by atoms with Crippen LogP contribution in [-0.4, -0.2) is 45.9 Å². The molecule has 0 aromatic heterocycles. The van der Waals surface area contributed by atoms with Gasteiger partial charge in [0.1, 0.15) is 0 Å². The second-order valence-electron chi connectivity index (χ2n) is 6.98. The Kier molecular flexibility index (Phi) is 7.69. The predicted octanol–water partition coefficient (Wildman–Crippen LogP) is 4.49. The first-order valence-corrected chi connectivity index (χ1v) is 12.5. The minimum atomic E-state index is -3.40. The van der Waals surface area contributed by atoms with Crippen LogP contribution in [0.1, 0.15) is 31.1 Å².